The van der Waals surface area contributed by atoms with Crippen LogP contribution < -0.4 is 0 Å². The number of likely N-dealkylation sites (tertiary alicyclic amines) is 1. The molecule has 0 bridgehead atoms. The molecule has 2 atom stereocenters. The van der Waals surface area contributed by atoms with Gasteiger partial charge in [-0.2, -0.15) is 0 Å². The predicted octanol–water partition coefficient (Wildman–Crippen LogP) is 4.05. The minimum Gasteiger partial charge on any atom is -0.481 e. The van der Waals surface area contributed by atoms with E-state index in [0.717, 1.165) is 29.1 Å². The molecule has 27 heavy (non-hydrogen) atoms. The Morgan fingerprint density at radius 3 is 2.52 bits per heavy atom. The van der Waals surface area contributed by atoms with Crippen LogP contribution in [0.15, 0.2) is 30.3 Å². The standard InChI is InChI=1S/C21H24N2O3S/c1-13-18(27-19(22-13)15-9-5-6-10-15)20(24)23-11-16(17(12-23)21(25)26)14-7-3-2-4-8-14/h2-4,7-8,15-17H,5-6,9-12H2,1H3,(H,25,26)/t16-,17-/m0/s1. The number of carboxylic acids is 1. The van der Waals surface area contributed by atoms with Crippen molar-refractivity contribution in [2.24, 2.45) is 5.92 Å². The van der Waals surface area contributed by atoms with E-state index in [2.05, 4.69) is 4.98 Å². The molecule has 2 aromatic rings. The Bertz CT molecular complexity index is 842. The van der Waals surface area contributed by atoms with Crippen LogP contribution in [0, 0.1) is 12.8 Å². The maximum Gasteiger partial charge on any atom is 0.308 e. The zero-order valence-corrected chi connectivity index (χ0v) is 16.2. The molecule has 1 aromatic heterocycles. The van der Waals surface area contributed by atoms with Crippen LogP contribution in [0.5, 0.6) is 0 Å². The maximum absolute atomic E-state index is 13.1. The largest absolute Gasteiger partial charge is 0.481 e. The Morgan fingerprint density at radius 2 is 1.85 bits per heavy atom. The normalized spacial score (nSPS) is 23.1. The van der Waals surface area contributed by atoms with Crippen LogP contribution in [0.1, 0.15) is 63.5 Å². The quantitative estimate of drug-likeness (QED) is 0.863. The van der Waals surface area contributed by atoms with E-state index in [1.807, 2.05) is 37.3 Å². The number of benzene rings is 1. The lowest BCUT2D eigenvalue weighted by Gasteiger charge is -2.16. The lowest BCUT2D eigenvalue weighted by atomic mass is 9.89. The summed E-state index contributed by atoms with van der Waals surface area (Å²) in [4.78, 5) is 32.0. The summed E-state index contributed by atoms with van der Waals surface area (Å²) in [5.74, 6) is -1.17. The third kappa shape index (κ3) is 3.50. The highest BCUT2D eigenvalue weighted by atomic mass is 32.1. The zero-order valence-electron chi connectivity index (χ0n) is 15.4. The molecule has 2 aliphatic rings. The number of aromatic nitrogens is 1. The molecule has 1 saturated carbocycles. The first kappa shape index (κ1) is 18.2. The number of hydrogen-bond donors (Lipinski definition) is 1. The van der Waals surface area contributed by atoms with Crippen LogP contribution in [0.3, 0.4) is 0 Å². The average Bonchev–Trinajstić information content (AvgIpc) is 3.41. The number of nitrogens with zero attached hydrogens (tertiary/aromatic N) is 2. The van der Waals surface area contributed by atoms with E-state index in [-0.39, 0.29) is 18.4 Å². The van der Waals surface area contributed by atoms with Crippen molar-refractivity contribution in [2.75, 3.05) is 13.1 Å². The summed E-state index contributed by atoms with van der Waals surface area (Å²) in [5, 5.41) is 10.7. The topological polar surface area (TPSA) is 70.5 Å². The molecule has 0 spiro atoms. The van der Waals surface area contributed by atoms with E-state index in [4.69, 9.17) is 0 Å². The van der Waals surface area contributed by atoms with Gasteiger partial charge < -0.3 is 10.0 Å². The monoisotopic (exact) mass is 384 g/mol. The van der Waals surface area contributed by atoms with Gasteiger partial charge in [-0.15, -0.1) is 11.3 Å². The second-order valence-corrected chi connectivity index (χ2v) is 8.65. The molecule has 4 rings (SSSR count). The van der Waals surface area contributed by atoms with Gasteiger partial charge in [0.15, 0.2) is 0 Å². The molecule has 2 fully saturated rings. The van der Waals surface area contributed by atoms with Crippen molar-refractivity contribution in [3.05, 3.63) is 51.5 Å². The van der Waals surface area contributed by atoms with Gasteiger partial charge in [0.2, 0.25) is 0 Å². The summed E-state index contributed by atoms with van der Waals surface area (Å²) in [5.41, 5.74) is 1.76. The van der Waals surface area contributed by atoms with Crippen LogP contribution >= 0.6 is 11.3 Å². The Kier molecular flexibility index (Phi) is 5.00. The molecule has 1 aliphatic carbocycles. The second kappa shape index (κ2) is 7.43. The number of aryl methyl sites for hydroxylation is 1. The fourth-order valence-corrected chi connectivity index (χ4v) is 5.57. The summed E-state index contributed by atoms with van der Waals surface area (Å²) in [6.07, 6.45) is 4.78. The lowest BCUT2D eigenvalue weighted by Crippen LogP contribution is -2.29. The molecule has 142 valence electrons. The molecule has 1 aliphatic heterocycles. The van der Waals surface area contributed by atoms with Crippen LogP contribution in [-0.2, 0) is 4.79 Å². The molecule has 6 heteroatoms. The molecule has 1 aromatic carbocycles. The van der Waals surface area contributed by atoms with Gasteiger partial charge in [0.25, 0.3) is 5.91 Å². The van der Waals surface area contributed by atoms with Crippen LogP contribution in [0.4, 0.5) is 0 Å². The molecule has 1 N–H and O–H groups in total. The third-order valence-electron chi connectivity index (χ3n) is 5.86. The van der Waals surface area contributed by atoms with Crippen LogP contribution in [-0.4, -0.2) is 40.0 Å². The Labute approximate surface area is 163 Å². The van der Waals surface area contributed by atoms with Crippen molar-refractivity contribution < 1.29 is 14.7 Å². The van der Waals surface area contributed by atoms with E-state index in [9.17, 15) is 14.7 Å². The van der Waals surface area contributed by atoms with E-state index in [1.165, 1.54) is 24.2 Å². The van der Waals surface area contributed by atoms with E-state index >= 15 is 0 Å². The van der Waals surface area contributed by atoms with E-state index in [0.29, 0.717) is 17.3 Å². The van der Waals surface area contributed by atoms with Crippen molar-refractivity contribution >= 4 is 23.2 Å². The van der Waals surface area contributed by atoms with Gasteiger partial charge in [-0.25, -0.2) is 4.98 Å². The second-order valence-electron chi connectivity index (χ2n) is 7.62. The number of carboxylic acid groups (broad SMARTS) is 1. The van der Waals surface area contributed by atoms with Crippen molar-refractivity contribution in [3.8, 4) is 0 Å². The Hall–Kier alpha value is -2.21. The first-order valence-corrected chi connectivity index (χ1v) is 10.4. The van der Waals surface area contributed by atoms with Crippen molar-refractivity contribution in [3.63, 3.8) is 0 Å². The number of carbonyl (C=O) groups excluding carboxylic acids is 1. The highest BCUT2D eigenvalue weighted by Gasteiger charge is 2.41. The summed E-state index contributed by atoms with van der Waals surface area (Å²) >= 11 is 1.51. The molecule has 0 unspecified atom stereocenters. The third-order valence-corrected chi connectivity index (χ3v) is 7.17. The lowest BCUT2D eigenvalue weighted by molar-refractivity contribution is -0.141. The first-order chi connectivity index (χ1) is 13.0. The summed E-state index contributed by atoms with van der Waals surface area (Å²) in [6, 6.07) is 9.65. The number of carbonyl (C=O) groups is 2. The minimum atomic E-state index is -0.841. The molecule has 1 amide bonds. The van der Waals surface area contributed by atoms with Gasteiger partial charge in [-0.3, -0.25) is 9.59 Å². The van der Waals surface area contributed by atoms with E-state index in [1.54, 1.807) is 4.90 Å². The summed E-state index contributed by atoms with van der Waals surface area (Å²) in [7, 11) is 0. The van der Waals surface area contributed by atoms with Crippen molar-refractivity contribution in [2.45, 2.75) is 44.4 Å². The van der Waals surface area contributed by atoms with Crippen LogP contribution in [0.25, 0.3) is 0 Å². The van der Waals surface area contributed by atoms with Crippen molar-refractivity contribution in [1.29, 1.82) is 0 Å². The number of thiazole rings is 1. The van der Waals surface area contributed by atoms with Gasteiger partial charge >= 0.3 is 5.97 Å². The number of amides is 1. The van der Waals surface area contributed by atoms with E-state index < -0.39 is 11.9 Å². The van der Waals surface area contributed by atoms with Crippen LogP contribution in [0.2, 0.25) is 0 Å². The van der Waals surface area contributed by atoms with Gasteiger partial charge in [-0.05, 0) is 25.3 Å². The Balaban J connectivity index is 1.56. The summed E-state index contributed by atoms with van der Waals surface area (Å²) < 4.78 is 0. The fraction of sp³-hybridized carbons (Fsp3) is 0.476. The average molecular weight is 385 g/mol. The fourth-order valence-electron chi connectivity index (χ4n) is 4.36. The zero-order chi connectivity index (χ0) is 19.0. The first-order valence-electron chi connectivity index (χ1n) is 9.59. The number of rotatable bonds is 4. The minimum absolute atomic E-state index is 0.0704. The summed E-state index contributed by atoms with van der Waals surface area (Å²) in [6.45, 7) is 2.58. The molecular weight excluding hydrogens is 360 g/mol. The van der Waals surface area contributed by atoms with Gasteiger partial charge in [-0.1, -0.05) is 43.2 Å². The number of aliphatic carboxylic acids is 1. The highest BCUT2D eigenvalue weighted by molar-refractivity contribution is 7.13. The Morgan fingerprint density at radius 1 is 1.15 bits per heavy atom. The molecule has 5 nitrogen and oxygen atoms in total. The van der Waals surface area contributed by atoms with Gasteiger partial charge in [0.1, 0.15) is 4.88 Å². The maximum atomic E-state index is 13.1. The molecule has 2 heterocycles. The SMILES string of the molecule is Cc1nc(C2CCCC2)sc1C(=O)N1C[C@H](C(=O)O)[C@H](c2ccccc2)C1. The molecular formula is C21H24N2O3S. The van der Waals surface area contributed by atoms with Gasteiger partial charge in [0, 0.05) is 24.9 Å². The predicted molar refractivity (Wildman–Crippen MR) is 104 cm³/mol. The highest BCUT2D eigenvalue weighted by Crippen LogP contribution is 2.39. The smallest absolute Gasteiger partial charge is 0.308 e. The van der Waals surface area contributed by atoms with Crippen molar-refractivity contribution in [1.82, 2.24) is 9.88 Å². The van der Waals surface area contributed by atoms with Gasteiger partial charge in [0.05, 0.1) is 16.6 Å². The molecule has 0 radical (unpaired) electrons. The number of hydrogen-bond acceptors (Lipinski definition) is 4. The molecule has 1 saturated heterocycles.